The summed E-state index contributed by atoms with van der Waals surface area (Å²) in [5.74, 6) is 0.365. The minimum absolute atomic E-state index is 0.0132. The second kappa shape index (κ2) is 7.89. The Labute approximate surface area is 160 Å². The van der Waals surface area contributed by atoms with Crippen molar-refractivity contribution in [2.45, 2.75) is 38.0 Å². The van der Waals surface area contributed by atoms with Crippen molar-refractivity contribution in [2.75, 3.05) is 19.6 Å². The molecular formula is C22H28N2O3. The number of nitrogens with zero attached hydrogens (tertiary/aromatic N) is 1. The molecular weight excluding hydrogens is 340 g/mol. The van der Waals surface area contributed by atoms with E-state index in [4.69, 9.17) is 10.5 Å². The van der Waals surface area contributed by atoms with Gasteiger partial charge in [-0.15, -0.1) is 0 Å². The highest BCUT2D eigenvalue weighted by molar-refractivity contribution is 5.51. The van der Waals surface area contributed by atoms with E-state index in [9.17, 15) is 10.2 Å². The van der Waals surface area contributed by atoms with Gasteiger partial charge in [-0.3, -0.25) is 4.90 Å². The highest BCUT2D eigenvalue weighted by atomic mass is 16.5. The number of hydrogen-bond acceptors (Lipinski definition) is 5. The van der Waals surface area contributed by atoms with Gasteiger partial charge in [0.1, 0.15) is 0 Å². The number of likely N-dealkylation sites (tertiary alicyclic amines) is 1. The molecule has 0 saturated carbocycles. The summed E-state index contributed by atoms with van der Waals surface area (Å²) in [4.78, 5) is 2.49. The van der Waals surface area contributed by atoms with E-state index in [0.717, 1.165) is 43.6 Å². The highest BCUT2D eigenvalue weighted by Crippen LogP contribution is 2.42. The molecule has 0 unspecified atom stereocenters. The Morgan fingerprint density at radius 3 is 2.48 bits per heavy atom. The first kappa shape index (κ1) is 18.3. The van der Waals surface area contributed by atoms with Crippen LogP contribution in [0.15, 0.2) is 42.5 Å². The van der Waals surface area contributed by atoms with E-state index >= 15 is 0 Å². The zero-order chi connectivity index (χ0) is 18.8. The number of aromatic hydroxyl groups is 2. The number of ether oxygens (including phenoxy) is 1. The van der Waals surface area contributed by atoms with E-state index in [1.54, 1.807) is 0 Å². The fraction of sp³-hybridized carbons (Fsp3) is 0.455. The lowest BCUT2D eigenvalue weighted by Crippen LogP contribution is -2.41. The van der Waals surface area contributed by atoms with E-state index in [1.807, 2.05) is 6.07 Å². The van der Waals surface area contributed by atoms with Crippen molar-refractivity contribution in [3.63, 3.8) is 0 Å². The summed E-state index contributed by atoms with van der Waals surface area (Å²) in [6.07, 6.45) is 2.60. The molecule has 4 rings (SSSR count). The van der Waals surface area contributed by atoms with Crippen LogP contribution in [-0.4, -0.2) is 40.9 Å². The third-order valence-electron chi connectivity index (χ3n) is 6.01. The number of hydrogen-bond donors (Lipinski definition) is 3. The van der Waals surface area contributed by atoms with Gasteiger partial charge in [-0.2, -0.15) is 0 Å². The Hall–Kier alpha value is -2.08. The van der Waals surface area contributed by atoms with Gasteiger partial charge in [-0.1, -0.05) is 36.4 Å². The predicted molar refractivity (Wildman–Crippen MR) is 105 cm³/mol. The summed E-state index contributed by atoms with van der Waals surface area (Å²) in [5.41, 5.74) is 8.99. The van der Waals surface area contributed by atoms with Crippen molar-refractivity contribution in [3.05, 3.63) is 59.2 Å². The van der Waals surface area contributed by atoms with E-state index < -0.39 is 0 Å². The minimum Gasteiger partial charge on any atom is -0.504 e. The first-order chi connectivity index (χ1) is 13.2. The molecule has 5 nitrogen and oxygen atoms in total. The van der Waals surface area contributed by atoms with Gasteiger partial charge in [0.25, 0.3) is 0 Å². The average molecular weight is 368 g/mol. The number of phenolic OH excluding ortho intramolecular Hbond substituents is 2. The van der Waals surface area contributed by atoms with Crippen LogP contribution in [-0.2, 0) is 17.7 Å². The van der Waals surface area contributed by atoms with Gasteiger partial charge in [0.15, 0.2) is 11.5 Å². The van der Waals surface area contributed by atoms with Crippen LogP contribution in [0.1, 0.15) is 35.6 Å². The van der Waals surface area contributed by atoms with E-state index in [2.05, 4.69) is 35.2 Å². The maximum Gasteiger partial charge on any atom is 0.161 e. The molecule has 2 heterocycles. The Morgan fingerprint density at radius 2 is 1.78 bits per heavy atom. The SMILES string of the molecule is NC[C@@H]1O[C@H](C2CCN(Cc3ccccc3)CC2)Cc2c1ccc(O)c2O. The topological polar surface area (TPSA) is 79.0 Å². The van der Waals surface area contributed by atoms with Crippen LogP contribution >= 0.6 is 0 Å². The molecule has 0 bridgehead atoms. The van der Waals surface area contributed by atoms with Crippen LogP contribution in [0, 0.1) is 5.92 Å². The Morgan fingerprint density at radius 1 is 1.04 bits per heavy atom. The fourth-order valence-corrected chi connectivity index (χ4v) is 4.47. The van der Waals surface area contributed by atoms with Gasteiger partial charge in [0, 0.05) is 25.1 Å². The molecule has 2 aliphatic rings. The molecule has 2 aliphatic heterocycles. The first-order valence-corrected chi connectivity index (χ1v) is 9.81. The van der Waals surface area contributed by atoms with Gasteiger partial charge in [0.2, 0.25) is 0 Å². The molecule has 2 aromatic carbocycles. The van der Waals surface area contributed by atoms with Gasteiger partial charge >= 0.3 is 0 Å². The van der Waals surface area contributed by atoms with Crippen LogP contribution in [0.25, 0.3) is 0 Å². The van der Waals surface area contributed by atoms with Crippen molar-refractivity contribution < 1.29 is 14.9 Å². The number of nitrogens with two attached hydrogens (primary N) is 1. The van der Waals surface area contributed by atoms with Crippen molar-refractivity contribution in [2.24, 2.45) is 11.7 Å². The molecule has 2 atom stereocenters. The molecule has 27 heavy (non-hydrogen) atoms. The quantitative estimate of drug-likeness (QED) is 0.723. The van der Waals surface area contributed by atoms with E-state index in [1.165, 1.54) is 11.6 Å². The summed E-state index contributed by atoms with van der Waals surface area (Å²) < 4.78 is 6.31. The zero-order valence-corrected chi connectivity index (χ0v) is 15.6. The first-order valence-electron chi connectivity index (χ1n) is 9.81. The molecule has 5 heteroatoms. The van der Waals surface area contributed by atoms with Crippen LogP contribution < -0.4 is 5.73 Å². The molecule has 1 saturated heterocycles. The largest absolute Gasteiger partial charge is 0.504 e. The second-order valence-corrected chi connectivity index (χ2v) is 7.70. The van der Waals surface area contributed by atoms with Crippen molar-refractivity contribution in [1.82, 2.24) is 4.90 Å². The summed E-state index contributed by atoms with van der Waals surface area (Å²) in [5, 5.41) is 20.2. The fourth-order valence-electron chi connectivity index (χ4n) is 4.47. The third-order valence-corrected chi connectivity index (χ3v) is 6.01. The van der Waals surface area contributed by atoms with Crippen LogP contribution in [0.2, 0.25) is 0 Å². The normalized spacial score (nSPS) is 23.9. The number of benzene rings is 2. The molecule has 0 spiro atoms. The zero-order valence-electron chi connectivity index (χ0n) is 15.6. The second-order valence-electron chi connectivity index (χ2n) is 7.70. The minimum atomic E-state index is -0.215. The van der Waals surface area contributed by atoms with Gasteiger partial charge in [-0.25, -0.2) is 0 Å². The molecule has 0 radical (unpaired) electrons. The van der Waals surface area contributed by atoms with Crippen molar-refractivity contribution in [1.29, 1.82) is 0 Å². The van der Waals surface area contributed by atoms with Crippen LogP contribution in [0.4, 0.5) is 0 Å². The van der Waals surface area contributed by atoms with Gasteiger partial charge in [-0.05, 0) is 49.0 Å². The van der Waals surface area contributed by atoms with Crippen LogP contribution in [0.5, 0.6) is 11.5 Å². The summed E-state index contributed by atoms with van der Waals surface area (Å²) in [7, 11) is 0. The van der Waals surface area contributed by atoms with Gasteiger partial charge in [0.05, 0.1) is 12.2 Å². The Bertz CT molecular complexity index is 773. The molecule has 0 aromatic heterocycles. The molecule has 144 valence electrons. The Balaban J connectivity index is 1.42. The molecule has 0 amide bonds. The maximum atomic E-state index is 10.3. The molecule has 4 N–H and O–H groups in total. The number of piperidine rings is 1. The average Bonchev–Trinajstić information content (AvgIpc) is 2.71. The lowest BCUT2D eigenvalue weighted by molar-refractivity contribution is -0.0651. The summed E-state index contributed by atoms with van der Waals surface area (Å²) >= 11 is 0. The molecule has 0 aliphatic carbocycles. The van der Waals surface area contributed by atoms with Crippen molar-refractivity contribution >= 4 is 0 Å². The summed E-state index contributed by atoms with van der Waals surface area (Å²) in [6, 6.07) is 13.9. The molecule has 2 aromatic rings. The number of fused-ring (bicyclic) bond motifs is 1. The molecule has 1 fully saturated rings. The van der Waals surface area contributed by atoms with Gasteiger partial charge < -0.3 is 20.7 Å². The number of phenols is 2. The third kappa shape index (κ3) is 3.81. The maximum absolute atomic E-state index is 10.3. The van der Waals surface area contributed by atoms with E-state index in [0.29, 0.717) is 18.9 Å². The summed E-state index contributed by atoms with van der Waals surface area (Å²) in [6.45, 7) is 3.46. The standard InChI is InChI=1S/C22H28N2O3/c23-13-21-17-6-7-19(25)22(26)18(17)12-20(27-21)16-8-10-24(11-9-16)14-15-4-2-1-3-5-15/h1-7,16,20-21,25-26H,8-14,23H2/t20-,21-/m0/s1. The lowest BCUT2D eigenvalue weighted by Gasteiger charge is -2.40. The van der Waals surface area contributed by atoms with E-state index in [-0.39, 0.29) is 23.7 Å². The highest BCUT2D eigenvalue weighted by Gasteiger charge is 2.35. The number of rotatable bonds is 4. The van der Waals surface area contributed by atoms with Crippen molar-refractivity contribution in [3.8, 4) is 11.5 Å². The van der Waals surface area contributed by atoms with Crippen LogP contribution in [0.3, 0.4) is 0 Å². The Kier molecular flexibility index (Phi) is 5.34. The predicted octanol–water partition coefficient (Wildman–Crippen LogP) is 2.95. The monoisotopic (exact) mass is 368 g/mol. The smallest absolute Gasteiger partial charge is 0.161 e. The lowest BCUT2D eigenvalue weighted by atomic mass is 9.83.